The maximum atomic E-state index is 9.57. The first-order valence-electron chi connectivity index (χ1n) is 1.37. The quantitative estimate of drug-likeness (QED) is 0.586. The van der Waals surface area contributed by atoms with Crippen molar-refractivity contribution < 1.29 is 56.6 Å². The summed E-state index contributed by atoms with van der Waals surface area (Å²) in [7, 11) is 0. The van der Waals surface area contributed by atoms with Crippen molar-refractivity contribution in [2.75, 3.05) is 0 Å². The molecule has 0 heterocycles. The van der Waals surface area contributed by atoms with Crippen LogP contribution in [0.5, 0.6) is 0 Å². The van der Waals surface area contributed by atoms with Crippen molar-refractivity contribution in [1.82, 2.24) is 0 Å². The van der Waals surface area contributed by atoms with Gasteiger partial charge < -0.3 is 0 Å². The molecule has 0 atom stereocenters. The maximum absolute atomic E-state index is 9.57. The van der Waals surface area contributed by atoms with Crippen LogP contribution in [-0.4, -0.2) is 7.52 Å². The van der Waals surface area contributed by atoms with Gasteiger partial charge in [-0.1, -0.05) is 0 Å². The summed E-state index contributed by atoms with van der Waals surface area (Å²) in [5, 5.41) is 0. The van der Waals surface area contributed by atoms with E-state index in [2.05, 4.69) is 2.04 Å². The first-order chi connectivity index (χ1) is 3.71. The first-order valence-corrected chi connectivity index (χ1v) is 8.08. The molecule has 0 saturated heterocycles. The zero-order valence-corrected chi connectivity index (χ0v) is 7.77. The fourth-order valence-electron chi connectivity index (χ4n) is 0.109. The third-order valence-electron chi connectivity index (χ3n) is 0.172. The van der Waals surface area contributed by atoms with E-state index < -0.39 is 33.5 Å². The third-order valence-corrected chi connectivity index (χ3v) is 6.02. The molecule has 0 saturated carbocycles. The zero-order chi connectivity index (χ0) is 7.71. The fraction of sp³-hybridized carbons (Fsp3) is 0. The predicted octanol–water partition coefficient (Wildman–Crippen LogP) is -1.66. The predicted molar refractivity (Wildman–Crippen MR) is 8.27 cm³/mol. The van der Waals surface area contributed by atoms with Gasteiger partial charge in [0, 0.05) is 0 Å². The Kier molecular flexibility index (Phi) is 2.73. The summed E-state index contributed by atoms with van der Waals surface area (Å²) in [5.41, 5.74) is 0. The van der Waals surface area contributed by atoms with Gasteiger partial charge in [0.2, 0.25) is 0 Å². The second-order valence-electron chi connectivity index (χ2n) is 0.924. The first kappa shape index (κ1) is 9.46. The molecule has 0 aliphatic rings. The van der Waals surface area contributed by atoms with E-state index in [4.69, 9.17) is 7.52 Å². The van der Waals surface area contributed by atoms with Crippen LogP contribution in [0, 0.1) is 0 Å². The Balaban J connectivity index is 4.46. The van der Waals surface area contributed by atoms with Crippen LogP contribution in [0.4, 0.5) is 0 Å². The van der Waals surface area contributed by atoms with Crippen molar-refractivity contribution in [1.29, 1.82) is 0 Å². The Labute approximate surface area is 56.7 Å². The molecule has 7 nitrogen and oxygen atoms in total. The van der Waals surface area contributed by atoms with Crippen LogP contribution in [-0.2, 0) is 49.1 Å². The van der Waals surface area contributed by atoms with Crippen molar-refractivity contribution in [3.05, 3.63) is 0 Å². The molecule has 0 aliphatic heterocycles. The van der Waals surface area contributed by atoms with E-state index >= 15 is 0 Å². The van der Waals surface area contributed by atoms with Crippen LogP contribution in [0.25, 0.3) is 0 Å². The van der Waals surface area contributed by atoms with Crippen LogP contribution >= 0.6 is 0 Å². The summed E-state index contributed by atoms with van der Waals surface area (Å²) >= 11 is -12.1. The second-order valence-corrected chi connectivity index (χ2v) is 7.44. The van der Waals surface area contributed by atoms with Crippen LogP contribution in [0.3, 0.4) is 0 Å². The van der Waals surface area contributed by atoms with Crippen LogP contribution in [0.2, 0.25) is 0 Å². The van der Waals surface area contributed by atoms with Gasteiger partial charge >= 0.3 is 56.6 Å². The SMILES string of the molecule is [O]=[Mo](=[O])([OH])[O][Mo](=[O])(=[O])[OH]. The summed E-state index contributed by atoms with van der Waals surface area (Å²) in [6.07, 6.45) is 0. The molecule has 0 aromatic rings. The minimum absolute atomic E-state index is 2.89. The molecule has 0 fully saturated rings. The molecular formula is H2Mo2O7. The molecule has 0 rings (SSSR count). The molecule has 0 aromatic heterocycles. The van der Waals surface area contributed by atoms with Gasteiger partial charge in [-0.3, -0.25) is 0 Å². The van der Waals surface area contributed by atoms with E-state index in [1.165, 1.54) is 0 Å². The van der Waals surface area contributed by atoms with E-state index in [1.807, 2.05) is 0 Å². The van der Waals surface area contributed by atoms with Crippen LogP contribution in [0.15, 0.2) is 0 Å². The summed E-state index contributed by atoms with van der Waals surface area (Å²) < 4.78 is 56.6. The molecule has 0 aromatic carbocycles. The Morgan fingerprint density at radius 1 is 0.889 bits per heavy atom. The average molecular weight is 306 g/mol. The van der Waals surface area contributed by atoms with E-state index in [0.717, 1.165) is 0 Å². The van der Waals surface area contributed by atoms with Gasteiger partial charge in [0.05, 0.1) is 0 Å². The summed E-state index contributed by atoms with van der Waals surface area (Å²) in [5.74, 6) is 0. The van der Waals surface area contributed by atoms with Gasteiger partial charge in [-0.2, -0.15) is 0 Å². The normalized spacial score (nSPS) is 13.6. The van der Waals surface area contributed by atoms with Gasteiger partial charge in [-0.25, -0.2) is 0 Å². The molecule has 0 aliphatic carbocycles. The molecule has 0 bridgehead atoms. The monoisotopic (exact) mass is 310 g/mol. The third kappa shape index (κ3) is 8.46. The van der Waals surface area contributed by atoms with Crippen molar-refractivity contribution in [2.24, 2.45) is 0 Å². The molecule has 9 heteroatoms. The Morgan fingerprint density at radius 2 is 1.11 bits per heavy atom. The van der Waals surface area contributed by atoms with Gasteiger partial charge in [-0.05, 0) is 0 Å². The van der Waals surface area contributed by atoms with E-state index in [-0.39, 0.29) is 0 Å². The summed E-state index contributed by atoms with van der Waals surface area (Å²) in [4.78, 5) is 0. The molecule has 0 unspecified atom stereocenters. The molecule has 9 heavy (non-hydrogen) atoms. The van der Waals surface area contributed by atoms with E-state index in [0.29, 0.717) is 0 Å². The van der Waals surface area contributed by atoms with Gasteiger partial charge in [-0.15, -0.1) is 0 Å². The topological polar surface area (TPSA) is 118 Å². The molecule has 0 spiro atoms. The Hall–Kier alpha value is 0.457. The van der Waals surface area contributed by atoms with Crippen LogP contribution < -0.4 is 0 Å². The minimum atomic E-state index is -6.05. The second kappa shape index (κ2) is 2.60. The molecule has 56 valence electrons. The summed E-state index contributed by atoms with van der Waals surface area (Å²) in [6.45, 7) is 0. The Bertz CT molecular complexity index is 232. The van der Waals surface area contributed by atoms with E-state index in [1.54, 1.807) is 0 Å². The number of rotatable bonds is 2. The van der Waals surface area contributed by atoms with Gasteiger partial charge in [0.1, 0.15) is 0 Å². The Morgan fingerprint density at radius 3 is 1.11 bits per heavy atom. The van der Waals surface area contributed by atoms with Crippen LogP contribution in [0.1, 0.15) is 0 Å². The standard InChI is InChI=1S/2Mo.2H2O.5O/h;;2*1H2;;;;;/q2*+1;;;;;;;/p-2. The van der Waals surface area contributed by atoms with Crippen molar-refractivity contribution >= 4 is 0 Å². The van der Waals surface area contributed by atoms with Crippen molar-refractivity contribution in [2.45, 2.75) is 0 Å². The summed E-state index contributed by atoms with van der Waals surface area (Å²) in [6, 6.07) is 0. The average Bonchev–Trinajstić information content (AvgIpc) is 1.14. The molecular weight excluding hydrogens is 304 g/mol. The number of hydrogen-bond donors (Lipinski definition) is 2. The van der Waals surface area contributed by atoms with E-state index in [9.17, 15) is 13.6 Å². The van der Waals surface area contributed by atoms with Crippen molar-refractivity contribution in [3.63, 3.8) is 0 Å². The molecule has 2 N–H and O–H groups in total. The fourth-order valence-corrected chi connectivity index (χ4v) is 3.80. The van der Waals surface area contributed by atoms with Crippen molar-refractivity contribution in [3.8, 4) is 0 Å². The van der Waals surface area contributed by atoms with Gasteiger partial charge in [0.25, 0.3) is 0 Å². The molecule has 0 amide bonds. The zero-order valence-electron chi connectivity index (χ0n) is 3.75. The molecule has 0 radical (unpaired) electrons. The number of hydrogen-bond acceptors (Lipinski definition) is 5. The van der Waals surface area contributed by atoms with Gasteiger partial charge in [0.15, 0.2) is 0 Å².